The summed E-state index contributed by atoms with van der Waals surface area (Å²) in [7, 11) is 1.53. The number of alkyl halides is 2. The monoisotopic (exact) mass is 478 g/mol. The van der Waals surface area contributed by atoms with E-state index >= 15 is 0 Å². The summed E-state index contributed by atoms with van der Waals surface area (Å²) in [6.07, 6.45) is -2.23. The molecule has 3 amide bonds. The number of rotatable bonds is 9. The number of benzene rings is 1. The van der Waals surface area contributed by atoms with Crippen molar-refractivity contribution in [2.45, 2.75) is 39.0 Å². The molecule has 0 saturated heterocycles. The first kappa shape index (κ1) is 25.0. The molecule has 9 nitrogen and oxygen atoms in total. The quantitative estimate of drug-likeness (QED) is 0.558. The van der Waals surface area contributed by atoms with Crippen molar-refractivity contribution in [1.82, 2.24) is 19.6 Å². The van der Waals surface area contributed by atoms with Crippen LogP contribution in [-0.2, 0) is 29.0 Å². The zero-order valence-corrected chi connectivity index (χ0v) is 18.8. The van der Waals surface area contributed by atoms with Gasteiger partial charge in [0.15, 0.2) is 0 Å². The number of carbonyl (C=O) groups excluding carboxylic acids is 2. The average Bonchev–Trinajstić information content (AvgIpc) is 3.12. The number of halogens is 3. The number of nitrogens with one attached hydrogen (secondary N) is 1. The van der Waals surface area contributed by atoms with Crippen LogP contribution in [0.25, 0.3) is 0 Å². The van der Waals surface area contributed by atoms with E-state index in [2.05, 4.69) is 10.4 Å². The summed E-state index contributed by atoms with van der Waals surface area (Å²) in [6.45, 7) is 2.03. The molecule has 34 heavy (non-hydrogen) atoms. The molecule has 1 aliphatic rings. The van der Waals surface area contributed by atoms with Gasteiger partial charge in [0.05, 0.1) is 30.5 Å². The van der Waals surface area contributed by atoms with E-state index in [0.29, 0.717) is 25.1 Å². The number of hydrogen-bond acceptors (Lipinski definition) is 5. The molecule has 3 rings (SSSR count). The molecule has 2 heterocycles. The highest BCUT2D eigenvalue weighted by atomic mass is 19.3. The number of urea groups is 1. The van der Waals surface area contributed by atoms with Crippen LogP contribution in [0.3, 0.4) is 0 Å². The van der Waals surface area contributed by atoms with Gasteiger partial charge in [-0.25, -0.2) is 18.0 Å². The molecule has 0 aliphatic carbocycles. The van der Waals surface area contributed by atoms with Gasteiger partial charge in [0.25, 0.3) is 6.43 Å². The van der Waals surface area contributed by atoms with Crippen LogP contribution in [-0.4, -0.2) is 71.3 Å². The standard InChI is InChI=1S/C22H25F3N6O3/c1-14-18-11-30(22(33)27-16-3-4-19(23)15(7-16)8-26)6-5-20(18)28-31(14)10-17(9-29(2)13-32)34-12-21(24)25/h3-4,7,13,17,21H,5-6,9-12H2,1-2H3,(H,27,33). The second kappa shape index (κ2) is 11.0. The van der Waals surface area contributed by atoms with Crippen molar-refractivity contribution in [1.29, 1.82) is 5.26 Å². The third-order valence-electron chi connectivity index (χ3n) is 5.51. The molecule has 0 fully saturated rings. The van der Waals surface area contributed by atoms with Crippen molar-refractivity contribution < 1.29 is 27.5 Å². The molecule has 182 valence electrons. The van der Waals surface area contributed by atoms with Gasteiger partial charge in [0.1, 0.15) is 18.5 Å². The molecule has 12 heteroatoms. The maximum absolute atomic E-state index is 13.5. The molecule has 1 aliphatic heterocycles. The van der Waals surface area contributed by atoms with E-state index < -0.39 is 31.0 Å². The lowest BCUT2D eigenvalue weighted by Gasteiger charge is -2.27. The molecular weight excluding hydrogens is 453 g/mol. The summed E-state index contributed by atoms with van der Waals surface area (Å²) in [4.78, 5) is 26.6. The van der Waals surface area contributed by atoms with Gasteiger partial charge in [0.2, 0.25) is 6.41 Å². The van der Waals surface area contributed by atoms with Crippen molar-refractivity contribution in [3.63, 3.8) is 0 Å². The Bertz CT molecular complexity index is 1080. The average molecular weight is 478 g/mol. The van der Waals surface area contributed by atoms with Crippen LogP contribution in [0.1, 0.15) is 22.5 Å². The number of fused-ring (bicyclic) bond motifs is 1. The maximum Gasteiger partial charge on any atom is 0.322 e. The number of nitriles is 1. The van der Waals surface area contributed by atoms with E-state index in [1.165, 1.54) is 24.1 Å². The second-order valence-corrected chi connectivity index (χ2v) is 7.99. The summed E-state index contributed by atoms with van der Waals surface area (Å²) < 4.78 is 45.8. The minimum absolute atomic E-state index is 0.122. The van der Waals surface area contributed by atoms with Gasteiger partial charge in [-0.2, -0.15) is 10.4 Å². The number of amides is 3. The highest BCUT2D eigenvalue weighted by molar-refractivity contribution is 5.89. The number of hydrogen-bond donors (Lipinski definition) is 1. The SMILES string of the molecule is Cc1c2c(nn1CC(CN(C)C=O)OCC(F)F)CCN(C(=O)Nc1ccc(F)c(C#N)c1)C2. The number of ether oxygens (including phenoxy) is 1. The predicted molar refractivity (Wildman–Crippen MR) is 116 cm³/mol. The Kier molecular flexibility index (Phi) is 8.12. The summed E-state index contributed by atoms with van der Waals surface area (Å²) in [6, 6.07) is 5.09. The van der Waals surface area contributed by atoms with Crippen LogP contribution in [0.5, 0.6) is 0 Å². The molecule has 1 N–H and O–H groups in total. The van der Waals surface area contributed by atoms with E-state index in [0.717, 1.165) is 23.0 Å². The van der Waals surface area contributed by atoms with Crippen molar-refractivity contribution in [2.75, 3.05) is 32.1 Å². The Labute approximate surface area is 194 Å². The lowest BCUT2D eigenvalue weighted by molar-refractivity contribution is -0.119. The van der Waals surface area contributed by atoms with Crippen LogP contribution in [0, 0.1) is 24.1 Å². The highest BCUT2D eigenvalue weighted by Crippen LogP contribution is 2.23. The topological polar surface area (TPSA) is 103 Å². The lowest BCUT2D eigenvalue weighted by atomic mass is 10.1. The van der Waals surface area contributed by atoms with Gasteiger partial charge in [-0.1, -0.05) is 0 Å². The molecule has 0 radical (unpaired) electrons. The van der Waals surface area contributed by atoms with Crippen LogP contribution in [0.4, 0.5) is 23.7 Å². The van der Waals surface area contributed by atoms with E-state index in [1.54, 1.807) is 15.7 Å². The van der Waals surface area contributed by atoms with Gasteiger partial charge in [0, 0.05) is 43.5 Å². The van der Waals surface area contributed by atoms with Gasteiger partial charge in [-0.15, -0.1) is 0 Å². The molecule has 0 bridgehead atoms. The number of likely N-dealkylation sites (N-methyl/N-ethyl adjacent to an activating group) is 1. The van der Waals surface area contributed by atoms with E-state index in [9.17, 15) is 22.8 Å². The van der Waals surface area contributed by atoms with Crippen LogP contribution < -0.4 is 5.32 Å². The first-order valence-electron chi connectivity index (χ1n) is 10.6. The Balaban J connectivity index is 1.70. The number of carbonyl (C=O) groups is 2. The first-order chi connectivity index (χ1) is 16.2. The fourth-order valence-corrected chi connectivity index (χ4v) is 3.73. The van der Waals surface area contributed by atoms with Gasteiger partial charge >= 0.3 is 6.03 Å². The van der Waals surface area contributed by atoms with Crippen LogP contribution in [0.15, 0.2) is 18.2 Å². The van der Waals surface area contributed by atoms with Crippen molar-refractivity contribution >= 4 is 18.1 Å². The first-order valence-corrected chi connectivity index (χ1v) is 10.6. The minimum atomic E-state index is -2.63. The van der Waals surface area contributed by atoms with E-state index in [-0.39, 0.29) is 25.2 Å². The van der Waals surface area contributed by atoms with Crippen molar-refractivity contribution in [3.05, 3.63) is 46.5 Å². The lowest BCUT2D eigenvalue weighted by Crippen LogP contribution is -2.38. The second-order valence-electron chi connectivity index (χ2n) is 7.99. The number of aromatic nitrogens is 2. The largest absolute Gasteiger partial charge is 0.369 e. The number of anilines is 1. The third kappa shape index (κ3) is 6.05. The molecule has 0 spiro atoms. The Morgan fingerprint density at radius 2 is 2.21 bits per heavy atom. The van der Waals surface area contributed by atoms with Gasteiger partial charge in [-0.05, 0) is 25.1 Å². The summed E-state index contributed by atoms with van der Waals surface area (Å²) >= 11 is 0. The molecule has 0 saturated carbocycles. The Morgan fingerprint density at radius 1 is 1.44 bits per heavy atom. The van der Waals surface area contributed by atoms with E-state index in [4.69, 9.17) is 10.00 Å². The highest BCUT2D eigenvalue weighted by Gasteiger charge is 2.27. The number of nitrogens with zero attached hydrogens (tertiary/aromatic N) is 5. The molecular formula is C22H25F3N6O3. The van der Waals surface area contributed by atoms with Gasteiger partial charge < -0.3 is 19.9 Å². The summed E-state index contributed by atoms with van der Waals surface area (Å²) in [5.41, 5.74) is 2.54. The van der Waals surface area contributed by atoms with Crippen LogP contribution >= 0.6 is 0 Å². The van der Waals surface area contributed by atoms with Crippen molar-refractivity contribution in [3.8, 4) is 6.07 Å². The van der Waals surface area contributed by atoms with Crippen molar-refractivity contribution in [2.24, 2.45) is 0 Å². The maximum atomic E-state index is 13.5. The summed E-state index contributed by atoms with van der Waals surface area (Å²) in [5, 5.41) is 16.2. The molecule has 1 atom stereocenters. The zero-order valence-electron chi connectivity index (χ0n) is 18.8. The molecule has 2 aromatic rings. The smallest absolute Gasteiger partial charge is 0.322 e. The molecule has 1 aromatic heterocycles. The molecule has 1 aromatic carbocycles. The normalized spacial score (nSPS) is 13.9. The third-order valence-corrected chi connectivity index (χ3v) is 5.51. The fourth-order valence-electron chi connectivity index (χ4n) is 3.73. The molecule has 1 unspecified atom stereocenters. The Hall–Kier alpha value is -3.59. The Morgan fingerprint density at radius 3 is 2.88 bits per heavy atom. The summed E-state index contributed by atoms with van der Waals surface area (Å²) in [5.74, 6) is -0.665. The van der Waals surface area contributed by atoms with E-state index in [1.807, 2.05) is 6.92 Å². The zero-order chi connectivity index (χ0) is 24.8. The fraction of sp³-hybridized carbons (Fsp3) is 0.455. The van der Waals surface area contributed by atoms with Gasteiger partial charge in [-0.3, -0.25) is 9.48 Å². The minimum Gasteiger partial charge on any atom is -0.369 e. The van der Waals surface area contributed by atoms with Crippen LogP contribution in [0.2, 0.25) is 0 Å². The predicted octanol–water partition coefficient (Wildman–Crippen LogP) is 2.53.